The molecule has 0 saturated heterocycles. The van der Waals surface area contributed by atoms with Crippen LogP contribution in [0.2, 0.25) is 0 Å². The van der Waals surface area contributed by atoms with Crippen LogP contribution in [-0.2, 0) is 11.3 Å². The number of nitrogens with zero attached hydrogens (tertiary/aromatic N) is 1. The maximum atomic E-state index is 13.6. The Morgan fingerprint density at radius 2 is 1.67 bits per heavy atom. The summed E-state index contributed by atoms with van der Waals surface area (Å²) in [6.07, 6.45) is 9.03. The van der Waals surface area contributed by atoms with E-state index in [1.165, 1.54) is 24.6 Å². The van der Waals surface area contributed by atoms with Gasteiger partial charge in [0.15, 0.2) is 0 Å². The van der Waals surface area contributed by atoms with Crippen molar-refractivity contribution in [3.8, 4) is 0 Å². The van der Waals surface area contributed by atoms with Crippen LogP contribution in [0.4, 0.5) is 10.1 Å². The first-order valence-electron chi connectivity index (χ1n) is 12.2. The number of benzene rings is 2. The summed E-state index contributed by atoms with van der Waals surface area (Å²) in [5.74, 6) is -0.490. The average molecular weight is 452 g/mol. The van der Waals surface area contributed by atoms with E-state index in [0.717, 1.165) is 56.9 Å². The predicted molar refractivity (Wildman–Crippen MR) is 128 cm³/mol. The molecule has 2 saturated carbocycles. The summed E-state index contributed by atoms with van der Waals surface area (Å²) in [6.45, 7) is 0.453. The minimum Gasteiger partial charge on any atom is -0.335 e. The van der Waals surface area contributed by atoms with Crippen molar-refractivity contribution in [3.05, 3.63) is 65.5 Å². The third kappa shape index (κ3) is 5.99. The maximum Gasteiger partial charge on any atom is 0.255 e. The summed E-state index contributed by atoms with van der Waals surface area (Å²) < 4.78 is 13.6. The van der Waals surface area contributed by atoms with E-state index < -0.39 is 5.82 Å². The summed E-state index contributed by atoms with van der Waals surface area (Å²) in [7, 11) is 0. The molecule has 0 heterocycles. The molecule has 33 heavy (non-hydrogen) atoms. The van der Waals surface area contributed by atoms with Gasteiger partial charge >= 0.3 is 0 Å². The van der Waals surface area contributed by atoms with Crippen molar-refractivity contribution in [1.29, 1.82) is 0 Å². The first-order valence-corrected chi connectivity index (χ1v) is 12.2. The fourth-order valence-electron chi connectivity index (χ4n) is 5.17. The highest BCUT2D eigenvalue weighted by molar-refractivity contribution is 6.04. The van der Waals surface area contributed by atoms with Crippen LogP contribution < -0.4 is 11.1 Å². The van der Waals surface area contributed by atoms with E-state index in [-0.39, 0.29) is 35.4 Å². The van der Waals surface area contributed by atoms with Gasteiger partial charge in [-0.05, 0) is 68.4 Å². The molecular weight excluding hydrogens is 417 g/mol. The highest BCUT2D eigenvalue weighted by Crippen LogP contribution is 2.31. The largest absolute Gasteiger partial charge is 0.335 e. The zero-order chi connectivity index (χ0) is 23.2. The lowest BCUT2D eigenvalue weighted by atomic mass is 9.85. The van der Waals surface area contributed by atoms with Gasteiger partial charge in [-0.2, -0.15) is 0 Å². The van der Waals surface area contributed by atoms with Crippen LogP contribution in [0, 0.1) is 11.7 Å². The summed E-state index contributed by atoms with van der Waals surface area (Å²) >= 11 is 0. The monoisotopic (exact) mass is 451 g/mol. The molecule has 2 aliphatic carbocycles. The number of hydrogen-bond acceptors (Lipinski definition) is 3. The fourth-order valence-corrected chi connectivity index (χ4v) is 5.17. The van der Waals surface area contributed by atoms with Crippen molar-refractivity contribution >= 4 is 17.5 Å². The molecule has 0 atom stereocenters. The van der Waals surface area contributed by atoms with Crippen LogP contribution in [0.3, 0.4) is 0 Å². The number of anilines is 1. The minimum atomic E-state index is -0.448. The van der Waals surface area contributed by atoms with Crippen LogP contribution in [0.5, 0.6) is 0 Å². The van der Waals surface area contributed by atoms with Crippen LogP contribution in [0.15, 0.2) is 48.5 Å². The van der Waals surface area contributed by atoms with E-state index in [9.17, 15) is 14.0 Å². The van der Waals surface area contributed by atoms with Gasteiger partial charge in [-0.3, -0.25) is 9.59 Å². The standard InChI is InChI=1S/C27H34FN3O2/c28-22-11-6-10-20(17-22)26(32)30-25-12-5-4-9-21(25)18-31(24-15-13-23(29)14-16-24)27(33)19-7-2-1-3-8-19/h4-6,9-12,17,19,23-24H,1-3,7-8,13-16,18,29H2,(H,30,32). The smallest absolute Gasteiger partial charge is 0.255 e. The lowest BCUT2D eigenvalue weighted by Gasteiger charge is -2.39. The van der Waals surface area contributed by atoms with Gasteiger partial charge in [0.05, 0.1) is 0 Å². The van der Waals surface area contributed by atoms with E-state index in [1.807, 2.05) is 24.3 Å². The fraction of sp³-hybridized carbons (Fsp3) is 0.481. The Balaban J connectivity index is 1.55. The lowest BCUT2D eigenvalue weighted by molar-refractivity contribution is -0.140. The molecule has 2 amide bonds. The molecule has 5 nitrogen and oxygen atoms in total. The molecule has 6 heteroatoms. The first kappa shape index (κ1) is 23.4. The van der Waals surface area contributed by atoms with Crippen molar-refractivity contribution < 1.29 is 14.0 Å². The van der Waals surface area contributed by atoms with Crippen LogP contribution in [0.25, 0.3) is 0 Å². The van der Waals surface area contributed by atoms with Gasteiger partial charge in [-0.25, -0.2) is 4.39 Å². The molecule has 3 N–H and O–H groups in total. The molecule has 2 aromatic carbocycles. The van der Waals surface area contributed by atoms with Crippen LogP contribution in [0.1, 0.15) is 73.7 Å². The van der Waals surface area contributed by atoms with Gasteiger partial charge in [0.1, 0.15) is 5.82 Å². The maximum absolute atomic E-state index is 13.6. The van der Waals surface area contributed by atoms with Crippen molar-refractivity contribution in [2.45, 2.75) is 76.4 Å². The number of amides is 2. The third-order valence-corrected chi connectivity index (χ3v) is 7.11. The Hall–Kier alpha value is -2.73. The van der Waals surface area contributed by atoms with Gasteiger partial charge in [0.2, 0.25) is 5.91 Å². The molecule has 4 rings (SSSR count). The van der Waals surface area contributed by atoms with Crippen LogP contribution >= 0.6 is 0 Å². The molecule has 0 spiro atoms. The van der Waals surface area contributed by atoms with Crippen molar-refractivity contribution in [2.24, 2.45) is 11.7 Å². The summed E-state index contributed by atoms with van der Waals surface area (Å²) in [6, 6.07) is 13.6. The zero-order valence-corrected chi connectivity index (χ0v) is 19.1. The second-order valence-corrected chi connectivity index (χ2v) is 9.49. The number of carbonyl (C=O) groups excluding carboxylic acids is 2. The SMILES string of the molecule is NC1CCC(N(Cc2ccccc2NC(=O)c2cccc(F)c2)C(=O)C2CCCCC2)CC1. The molecule has 0 aromatic heterocycles. The number of carbonyl (C=O) groups is 2. The highest BCUT2D eigenvalue weighted by atomic mass is 19.1. The highest BCUT2D eigenvalue weighted by Gasteiger charge is 2.33. The minimum absolute atomic E-state index is 0.0865. The Morgan fingerprint density at radius 1 is 0.939 bits per heavy atom. The van der Waals surface area contributed by atoms with E-state index in [0.29, 0.717) is 12.2 Å². The molecule has 0 aliphatic heterocycles. The molecule has 2 fully saturated rings. The van der Waals surface area contributed by atoms with Crippen molar-refractivity contribution in [2.75, 3.05) is 5.32 Å². The summed E-state index contributed by atoms with van der Waals surface area (Å²) in [5.41, 5.74) is 7.94. The van der Waals surface area contributed by atoms with Gasteiger partial charge in [-0.1, -0.05) is 43.5 Å². The molecular formula is C27H34FN3O2. The molecule has 2 aromatic rings. The lowest BCUT2D eigenvalue weighted by Crippen LogP contribution is -2.46. The van der Waals surface area contributed by atoms with Gasteiger partial charge in [0.25, 0.3) is 5.91 Å². The second-order valence-electron chi connectivity index (χ2n) is 9.49. The van der Waals surface area contributed by atoms with Gasteiger partial charge < -0.3 is 16.0 Å². The topological polar surface area (TPSA) is 75.4 Å². The van der Waals surface area contributed by atoms with Crippen molar-refractivity contribution in [3.63, 3.8) is 0 Å². The van der Waals surface area contributed by atoms with E-state index in [2.05, 4.69) is 10.2 Å². The van der Waals surface area contributed by atoms with Gasteiger partial charge in [-0.15, -0.1) is 0 Å². The Labute approximate surface area is 195 Å². The molecule has 0 radical (unpaired) electrons. The molecule has 2 aliphatic rings. The summed E-state index contributed by atoms with van der Waals surface area (Å²) in [4.78, 5) is 28.4. The number of hydrogen-bond donors (Lipinski definition) is 2. The number of nitrogens with two attached hydrogens (primary N) is 1. The number of halogens is 1. The summed E-state index contributed by atoms with van der Waals surface area (Å²) in [5, 5.41) is 2.92. The molecule has 0 bridgehead atoms. The second kappa shape index (κ2) is 10.9. The predicted octanol–water partition coefficient (Wildman–Crippen LogP) is 5.26. The van der Waals surface area contributed by atoms with Gasteiger partial charge in [0, 0.05) is 35.8 Å². The Morgan fingerprint density at radius 3 is 2.39 bits per heavy atom. The Bertz CT molecular complexity index is 965. The Kier molecular flexibility index (Phi) is 7.76. The van der Waals surface area contributed by atoms with E-state index >= 15 is 0 Å². The average Bonchev–Trinajstić information content (AvgIpc) is 2.84. The van der Waals surface area contributed by atoms with E-state index in [1.54, 1.807) is 6.07 Å². The normalized spacial score (nSPS) is 21.4. The molecule has 0 unspecified atom stereocenters. The quantitative estimate of drug-likeness (QED) is 0.629. The first-order chi connectivity index (χ1) is 16.0. The number of para-hydroxylation sites is 1. The van der Waals surface area contributed by atoms with E-state index in [4.69, 9.17) is 5.73 Å². The molecule has 176 valence electrons. The third-order valence-electron chi connectivity index (χ3n) is 7.11. The zero-order valence-electron chi connectivity index (χ0n) is 19.1. The van der Waals surface area contributed by atoms with Crippen molar-refractivity contribution in [1.82, 2.24) is 4.90 Å². The number of nitrogens with one attached hydrogen (secondary N) is 1. The van der Waals surface area contributed by atoms with Crippen LogP contribution in [-0.4, -0.2) is 28.8 Å². The number of rotatable bonds is 6.